The van der Waals surface area contributed by atoms with Crippen molar-refractivity contribution in [2.45, 2.75) is 62.2 Å². The molecule has 2 saturated heterocycles. The minimum Gasteiger partial charge on any atom is -0.490 e. The lowest BCUT2D eigenvalue weighted by Crippen LogP contribution is -2.43. The fraction of sp³-hybridized carbons (Fsp3) is 0.405. The van der Waals surface area contributed by atoms with Gasteiger partial charge in [-0.2, -0.15) is 41.6 Å². The van der Waals surface area contributed by atoms with E-state index in [0.717, 1.165) is 29.3 Å². The first-order valence-electron chi connectivity index (χ1n) is 17.8. The fourth-order valence-corrected chi connectivity index (χ4v) is 9.48. The van der Waals surface area contributed by atoms with Crippen molar-refractivity contribution in [2.75, 3.05) is 49.2 Å². The van der Waals surface area contributed by atoms with E-state index in [9.17, 15) is 27.2 Å². The molecule has 3 atom stereocenters. The molecule has 0 unspecified atom stereocenters. The Morgan fingerprint density at radius 3 is 2.59 bits per heavy atom. The van der Waals surface area contributed by atoms with E-state index >= 15 is 22.0 Å². The zero-order valence-corrected chi connectivity index (χ0v) is 30.7. The molecule has 3 aromatic heterocycles. The zero-order valence-electron chi connectivity index (χ0n) is 29.9. The SMILES string of the molecule is N#Cc1c(N)sc2c(F)ccc(-c3c(C(F)(F)F)c4c5c(nc(OC[C@@]67CCCN6C[C@H](F)C7)nc5c3F)N([C@H](CCC(F)(F)F)c3cc(F)cnc3N)CCO4)c12. The van der Waals surface area contributed by atoms with Crippen molar-refractivity contribution in [1.82, 2.24) is 19.9 Å². The molecule has 10 nitrogen and oxygen atoms in total. The van der Waals surface area contributed by atoms with E-state index in [1.54, 1.807) is 6.07 Å². The molecule has 0 radical (unpaired) electrons. The Labute approximate surface area is 326 Å². The zero-order chi connectivity index (χ0) is 41.5. The summed E-state index contributed by atoms with van der Waals surface area (Å²) in [4.78, 5) is 15.3. The third-order valence-corrected chi connectivity index (χ3v) is 11.9. The predicted octanol–water partition coefficient (Wildman–Crippen LogP) is 8.62. The molecule has 4 N–H and O–H groups in total. The molecule has 6 heterocycles. The highest BCUT2D eigenvalue weighted by molar-refractivity contribution is 7.23. The van der Waals surface area contributed by atoms with E-state index in [-0.39, 0.29) is 34.8 Å². The maximum Gasteiger partial charge on any atom is 0.420 e. The molecule has 3 aliphatic heterocycles. The van der Waals surface area contributed by atoms with Crippen LogP contribution >= 0.6 is 11.3 Å². The van der Waals surface area contributed by atoms with Gasteiger partial charge in [0.15, 0.2) is 5.82 Å². The average molecular weight is 841 g/mol. The highest BCUT2D eigenvalue weighted by Crippen LogP contribution is 2.54. The van der Waals surface area contributed by atoms with Crippen molar-refractivity contribution in [3.05, 3.63) is 58.5 Å². The van der Waals surface area contributed by atoms with Crippen LogP contribution in [0.2, 0.25) is 0 Å². The van der Waals surface area contributed by atoms with E-state index < -0.39 is 135 Å². The minimum absolute atomic E-state index is 0.0714. The van der Waals surface area contributed by atoms with Gasteiger partial charge in [0.1, 0.15) is 70.6 Å². The van der Waals surface area contributed by atoms with Gasteiger partial charge < -0.3 is 25.8 Å². The Bertz CT molecular complexity index is 2510. The third kappa shape index (κ3) is 6.68. The monoisotopic (exact) mass is 840 g/mol. The lowest BCUT2D eigenvalue weighted by Gasteiger charge is -2.34. The molecule has 58 heavy (non-hydrogen) atoms. The first kappa shape index (κ1) is 39.5. The lowest BCUT2D eigenvalue weighted by atomic mass is 9.91. The summed E-state index contributed by atoms with van der Waals surface area (Å²) in [6, 6.07) is 2.00. The van der Waals surface area contributed by atoms with Crippen LogP contribution in [0.1, 0.15) is 54.8 Å². The number of alkyl halides is 7. The number of fused-ring (bicyclic) bond motifs is 2. The van der Waals surface area contributed by atoms with Crippen molar-refractivity contribution >= 4 is 49.0 Å². The summed E-state index contributed by atoms with van der Waals surface area (Å²) in [7, 11) is 0. The Hall–Kier alpha value is -5.36. The predicted molar refractivity (Wildman–Crippen MR) is 192 cm³/mol. The van der Waals surface area contributed by atoms with Crippen LogP contribution in [0.15, 0.2) is 24.4 Å². The van der Waals surface area contributed by atoms with Crippen LogP contribution in [0.5, 0.6) is 11.8 Å². The van der Waals surface area contributed by atoms with Crippen molar-refractivity contribution < 1.29 is 53.4 Å². The Balaban J connectivity index is 1.43. The molecule has 0 saturated carbocycles. The van der Waals surface area contributed by atoms with Crippen molar-refractivity contribution in [3.8, 4) is 29.0 Å². The number of thiophene rings is 1. The smallest absolute Gasteiger partial charge is 0.420 e. The highest BCUT2D eigenvalue weighted by atomic mass is 32.1. The standard InChI is InChI=1S/C37H30F10N8O2S/c38-16-10-19(31(49)51-13-16)22(4-6-36(42,43)44)55-8-9-56-29-25-28(52-34(53-33(25)55)57-15-35-5-1-7-54(35)14-17(39)11-35)27(41)24(26(29)37(45,46)47)18-2-3-21(40)30-23(18)20(12-48)32(50)58-30/h2-3,10,13,17,22H,1,4-9,11,14-15,50H2,(H2,49,51)/t17-,22-,35+/m1/s1. The van der Waals surface area contributed by atoms with Gasteiger partial charge in [0.25, 0.3) is 0 Å². The number of pyridine rings is 1. The number of nitrogens with two attached hydrogens (primary N) is 2. The summed E-state index contributed by atoms with van der Waals surface area (Å²) < 4.78 is 162. The molecule has 2 aromatic carbocycles. The number of halogens is 10. The highest BCUT2D eigenvalue weighted by Gasteiger charge is 2.50. The van der Waals surface area contributed by atoms with Gasteiger partial charge in [-0.25, -0.2) is 22.5 Å². The Morgan fingerprint density at radius 1 is 1.09 bits per heavy atom. The molecule has 306 valence electrons. The van der Waals surface area contributed by atoms with Gasteiger partial charge in [0, 0.05) is 35.9 Å². The first-order valence-corrected chi connectivity index (χ1v) is 18.7. The van der Waals surface area contributed by atoms with Gasteiger partial charge in [0.2, 0.25) is 0 Å². The molecule has 5 aromatic rings. The number of hydrogen-bond donors (Lipinski definition) is 2. The van der Waals surface area contributed by atoms with E-state index in [2.05, 4.69) is 15.0 Å². The number of nitrogen functional groups attached to an aromatic ring is 2. The molecular weight excluding hydrogens is 811 g/mol. The van der Waals surface area contributed by atoms with Gasteiger partial charge in [-0.3, -0.25) is 4.90 Å². The summed E-state index contributed by atoms with van der Waals surface area (Å²) in [5.41, 5.74) is 6.17. The number of hydrogen-bond acceptors (Lipinski definition) is 11. The molecule has 21 heteroatoms. The van der Waals surface area contributed by atoms with Crippen molar-refractivity contribution in [1.29, 1.82) is 5.26 Å². The molecule has 0 aliphatic carbocycles. The summed E-state index contributed by atoms with van der Waals surface area (Å²) in [5, 5.41) is 8.54. The van der Waals surface area contributed by atoms with Gasteiger partial charge >= 0.3 is 18.4 Å². The van der Waals surface area contributed by atoms with Crippen LogP contribution in [0.3, 0.4) is 0 Å². The molecule has 0 bridgehead atoms. The molecule has 8 rings (SSSR count). The topological polar surface area (TPSA) is 139 Å². The summed E-state index contributed by atoms with van der Waals surface area (Å²) >= 11 is 0.567. The number of anilines is 3. The third-order valence-electron chi connectivity index (χ3n) is 10.9. The van der Waals surface area contributed by atoms with Gasteiger partial charge in [0.05, 0.1) is 40.0 Å². The maximum atomic E-state index is 17.5. The summed E-state index contributed by atoms with van der Waals surface area (Å²) in [6.07, 6.45) is -11.7. The average Bonchev–Trinajstić information content (AvgIpc) is 3.75. The number of nitrogens with zero attached hydrogens (tertiary/aromatic N) is 6. The number of ether oxygens (including phenoxy) is 2. The molecular formula is C37H30F10N8O2S. The fourth-order valence-electron chi connectivity index (χ4n) is 8.53. The maximum absolute atomic E-state index is 17.5. The Morgan fingerprint density at radius 2 is 1.86 bits per heavy atom. The Kier molecular flexibility index (Phi) is 9.65. The number of benzene rings is 2. The quantitative estimate of drug-likeness (QED) is 0.146. The molecule has 3 aliphatic rings. The lowest BCUT2D eigenvalue weighted by molar-refractivity contribution is -0.138. The second-order valence-corrected chi connectivity index (χ2v) is 15.5. The number of aromatic nitrogens is 3. The molecule has 0 amide bonds. The first-order chi connectivity index (χ1) is 27.4. The van der Waals surface area contributed by atoms with Crippen LogP contribution < -0.4 is 25.8 Å². The van der Waals surface area contributed by atoms with Crippen molar-refractivity contribution in [2.24, 2.45) is 0 Å². The normalized spacial score (nSPS) is 20.3. The minimum atomic E-state index is -5.44. The van der Waals surface area contributed by atoms with Crippen LogP contribution in [-0.2, 0) is 6.18 Å². The van der Waals surface area contributed by atoms with Crippen LogP contribution in [0, 0.1) is 28.8 Å². The van der Waals surface area contributed by atoms with E-state index in [4.69, 9.17) is 20.9 Å². The van der Waals surface area contributed by atoms with Crippen molar-refractivity contribution in [3.63, 3.8) is 0 Å². The van der Waals surface area contributed by atoms with Crippen LogP contribution in [-0.4, -0.2) is 70.6 Å². The van der Waals surface area contributed by atoms with Gasteiger partial charge in [-0.15, -0.1) is 11.3 Å². The number of nitriles is 1. The second kappa shape index (κ2) is 14.2. The van der Waals surface area contributed by atoms with E-state index in [0.29, 0.717) is 30.7 Å². The molecule has 2 fully saturated rings. The summed E-state index contributed by atoms with van der Waals surface area (Å²) in [5.74, 6) is -5.59. The second-order valence-electron chi connectivity index (χ2n) is 14.4. The van der Waals surface area contributed by atoms with Crippen LogP contribution in [0.25, 0.3) is 32.1 Å². The van der Waals surface area contributed by atoms with E-state index in [1.807, 2.05) is 4.90 Å². The van der Waals surface area contributed by atoms with Gasteiger partial charge in [-0.05, 0) is 43.5 Å². The summed E-state index contributed by atoms with van der Waals surface area (Å²) in [6.45, 7) is -0.755. The van der Waals surface area contributed by atoms with E-state index in [1.165, 1.54) is 0 Å². The van der Waals surface area contributed by atoms with Crippen LogP contribution in [0.4, 0.5) is 60.5 Å². The molecule has 0 spiro atoms. The largest absolute Gasteiger partial charge is 0.490 e. The number of rotatable bonds is 8. The van der Waals surface area contributed by atoms with Gasteiger partial charge in [-0.1, -0.05) is 6.07 Å².